The molecule has 2 aromatic carbocycles. The van der Waals surface area contributed by atoms with E-state index in [0.29, 0.717) is 6.61 Å². The summed E-state index contributed by atoms with van der Waals surface area (Å²) < 4.78 is 15.7. The predicted octanol–water partition coefficient (Wildman–Crippen LogP) is 3.44. The zero-order chi connectivity index (χ0) is 20.8. The molecule has 2 aromatic rings. The van der Waals surface area contributed by atoms with E-state index in [1.165, 1.54) is 31.9 Å². The van der Waals surface area contributed by atoms with E-state index in [9.17, 15) is 14.9 Å². The van der Waals surface area contributed by atoms with Crippen molar-refractivity contribution in [2.75, 3.05) is 27.4 Å². The van der Waals surface area contributed by atoms with Crippen molar-refractivity contribution in [3.63, 3.8) is 0 Å². The maximum atomic E-state index is 13.0. The van der Waals surface area contributed by atoms with Crippen LogP contribution in [0.3, 0.4) is 0 Å². The monoisotopic (exact) mass is 400 g/mol. The molecule has 1 N–H and O–H groups in total. The van der Waals surface area contributed by atoms with Gasteiger partial charge in [-0.1, -0.05) is 24.3 Å². The van der Waals surface area contributed by atoms with Gasteiger partial charge in [0.2, 0.25) is 0 Å². The number of nitrogens with zero attached hydrogens (tertiary/aromatic N) is 1. The maximum Gasteiger partial charge on any atom is 0.286 e. The Labute approximate surface area is 168 Å². The van der Waals surface area contributed by atoms with Crippen LogP contribution in [-0.2, 0) is 11.2 Å². The van der Waals surface area contributed by atoms with Crippen molar-refractivity contribution in [2.45, 2.75) is 25.3 Å². The average Bonchev–Trinajstić information content (AvgIpc) is 2.73. The quantitative estimate of drug-likeness (QED) is 0.414. The SMILES string of the molecule is COCCOc1cc([N+](=O)[O-])c(C(=O)N[C@@H]2CCCc3ccccc32)cc1OC. The molecule has 0 bridgehead atoms. The minimum atomic E-state index is -0.591. The van der Waals surface area contributed by atoms with Crippen LogP contribution < -0.4 is 14.8 Å². The fourth-order valence-corrected chi connectivity index (χ4v) is 3.53. The second-order valence-electron chi connectivity index (χ2n) is 6.74. The molecule has 0 spiro atoms. The van der Waals surface area contributed by atoms with Crippen LogP contribution in [0.2, 0.25) is 0 Å². The Balaban J connectivity index is 1.89. The number of aryl methyl sites for hydroxylation is 1. The van der Waals surface area contributed by atoms with Gasteiger partial charge in [0.25, 0.3) is 11.6 Å². The molecule has 154 valence electrons. The molecule has 1 aliphatic rings. The summed E-state index contributed by atoms with van der Waals surface area (Å²) in [6.07, 6.45) is 2.69. The topological polar surface area (TPSA) is 99.9 Å². The Kier molecular flexibility index (Phi) is 6.66. The van der Waals surface area contributed by atoms with Crippen molar-refractivity contribution in [3.05, 3.63) is 63.2 Å². The number of amides is 1. The molecule has 0 saturated heterocycles. The van der Waals surface area contributed by atoms with Gasteiger partial charge in [-0.2, -0.15) is 0 Å². The predicted molar refractivity (Wildman–Crippen MR) is 107 cm³/mol. The van der Waals surface area contributed by atoms with Crippen molar-refractivity contribution >= 4 is 11.6 Å². The summed E-state index contributed by atoms with van der Waals surface area (Å²) in [5, 5.41) is 14.6. The number of carbonyl (C=O) groups excluding carboxylic acids is 1. The van der Waals surface area contributed by atoms with Crippen LogP contribution in [0.15, 0.2) is 36.4 Å². The summed E-state index contributed by atoms with van der Waals surface area (Å²) in [6.45, 7) is 0.523. The minimum Gasteiger partial charge on any atom is -0.493 e. The molecular weight excluding hydrogens is 376 g/mol. The van der Waals surface area contributed by atoms with Crippen molar-refractivity contribution in [1.29, 1.82) is 0 Å². The van der Waals surface area contributed by atoms with Gasteiger partial charge in [0.15, 0.2) is 11.5 Å². The molecule has 0 saturated carbocycles. The first-order valence-corrected chi connectivity index (χ1v) is 9.42. The summed E-state index contributed by atoms with van der Waals surface area (Å²) >= 11 is 0. The van der Waals surface area contributed by atoms with Crippen LogP contribution in [0.25, 0.3) is 0 Å². The van der Waals surface area contributed by atoms with Crippen molar-refractivity contribution in [1.82, 2.24) is 5.32 Å². The molecule has 3 rings (SSSR count). The molecule has 8 heteroatoms. The lowest BCUT2D eigenvalue weighted by Gasteiger charge is -2.26. The summed E-state index contributed by atoms with van der Waals surface area (Å²) in [5.74, 6) is -0.0724. The number of methoxy groups -OCH3 is 2. The molecule has 0 aliphatic heterocycles. The van der Waals surface area contributed by atoms with Crippen LogP contribution in [0, 0.1) is 10.1 Å². The lowest BCUT2D eigenvalue weighted by Crippen LogP contribution is -2.31. The Bertz CT molecular complexity index is 899. The number of nitro benzene ring substituents is 1. The molecule has 0 radical (unpaired) electrons. The molecule has 8 nitrogen and oxygen atoms in total. The molecule has 29 heavy (non-hydrogen) atoms. The average molecular weight is 400 g/mol. The number of hydrogen-bond acceptors (Lipinski definition) is 6. The molecule has 0 heterocycles. The van der Waals surface area contributed by atoms with Crippen molar-refractivity contribution in [3.8, 4) is 11.5 Å². The summed E-state index contributed by atoms with van der Waals surface area (Å²) in [6, 6.07) is 10.3. The highest BCUT2D eigenvalue weighted by atomic mass is 16.6. The van der Waals surface area contributed by atoms with Gasteiger partial charge in [0, 0.05) is 13.2 Å². The Morgan fingerprint density at radius 3 is 2.72 bits per heavy atom. The van der Waals surface area contributed by atoms with Crippen molar-refractivity contribution < 1.29 is 23.9 Å². The number of carbonyl (C=O) groups is 1. The molecule has 0 unspecified atom stereocenters. The lowest BCUT2D eigenvalue weighted by atomic mass is 9.87. The highest BCUT2D eigenvalue weighted by Crippen LogP contribution is 2.36. The van der Waals surface area contributed by atoms with Gasteiger partial charge in [-0.05, 0) is 30.4 Å². The van der Waals surface area contributed by atoms with Crippen LogP contribution in [-0.4, -0.2) is 38.3 Å². The molecule has 1 atom stereocenters. The Morgan fingerprint density at radius 2 is 2.00 bits per heavy atom. The van der Waals surface area contributed by atoms with Crippen LogP contribution >= 0.6 is 0 Å². The third-order valence-electron chi connectivity index (χ3n) is 4.94. The van der Waals surface area contributed by atoms with Crippen LogP contribution in [0.1, 0.15) is 40.4 Å². The van der Waals surface area contributed by atoms with E-state index in [4.69, 9.17) is 14.2 Å². The molecular formula is C21H24N2O6. The number of nitrogens with one attached hydrogen (secondary N) is 1. The normalized spacial score (nSPS) is 15.3. The number of nitro groups is 1. The standard InChI is InChI=1S/C21H24N2O6/c1-27-10-11-29-20-13-18(23(25)26)16(12-19(20)28-2)21(24)22-17-9-5-7-14-6-3-4-8-15(14)17/h3-4,6,8,12-13,17H,5,7,9-11H2,1-2H3,(H,22,24)/t17-/m1/s1. The van der Waals surface area contributed by atoms with Gasteiger partial charge in [-0.15, -0.1) is 0 Å². The summed E-state index contributed by atoms with van der Waals surface area (Å²) in [5.41, 5.74) is 1.85. The third-order valence-corrected chi connectivity index (χ3v) is 4.94. The molecule has 1 amide bonds. The van der Waals surface area contributed by atoms with Gasteiger partial charge in [-0.3, -0.25) is 14.9 Å². The Hall–Kier alpha value is -3.13. The second kappa shape index (κ2) is 9.38. The summed E-state index contributed by atoms with van der Waals surface area (Å²) in [7, 11) is 2.95. The fourth-order valence-electron chi connectivity index (χ4n) is 3.53. The first-order valence-electron chi connectivity index (χ1n) is 9.42. The van der Waals surface area contributed by atoms with Gasteiger partial charge in [-0.25, -0.2) is 0 Å². The van der Waals surface area contributed by atoms with Crippen LogP contribution in [0.4, 0.5) is 5.69 Å². The fraction of sp³-hybridized carbons (Fsp3) is 0.381. The largest absolute Gasteiger partial charge is 0.493 e. The van der Waals surface area contributed by atoms with E-state index >= 15 is 0 Å². The lowest BCUT2D eigenvalue weighted by molar-refractivity contribution is -0.385. The smallest absolute Gasteiger partial charge is 0.286 e. The Morgan fingerprint density at radius 1 is 1.21 bits per heavy atom. The zero-order valence-electron chi connectivity index (χ0n) is 16.5. The zero-order valence-corrected chi connectivity index (χ0v) is 16.5. The number of hydrogen-bond donors (Lipinski definition) is 1. The minimum absolute atomic E-state index is 0.0611. The van der Waals surface area contributed by atoms with E-state index in [1.807, 2.05) is 24.3 Å². The first-order chi connectivity index (χ1) is 14.0. The second-order valence-corrected chi connectivity index (χ2v) is 6.74. The van der Waals surface area contributed by atoms with E-state index in [0.717, 1.165) is 24.8 Å². The van der Waals surface area contributed by atoms with E-state index in [2.05, 4.69) is 5.32 Å². The first kappa shape index (κ1) is 20.6. The number of rotatable bonds is 8. The van der Waals surface area contributed by atoms with Gasteiger partial charge in [0.05, 0.1) is 30.7 Å². The summed E-state index contributed by atoms with van der Waals surface area (Å²) in [4.78, 5) is 24.0. The highest BCUT2D eigenvalue weighted by molar-refractivity contribution is 5.99. The maximum absolute atomic E-state index is 13.0. The third kappa shape index (κ3) is 4.65. The number of benzene rings is 2. The highest BCUT2D eigenvalue weighted by Gasteiger charge is 2.28. The van der Waals surface area contributed by atoms with E-state index in [-0.39, 0.29) is 35.4 Å². The van der Waals surface area contributed by atoms with Gasteiger partial charge < -0.3 is 19.5 Å². The van der Waals surface area contributed by atoms with Gasteiger partial charge >= 0.3 is 0 Å². The van der Waals surface area contributed by atoms with Gasteiger partial charge in [0.1, 0.15) is 12.2 Å². The van der Waals surface area contributed by atoms with Crippen molar-refractivity contribution in [2.24, 2.45) is 0 Å². The molecule has 0 aromatic heterocycles. The number of ether oxygens (including phenoxy) is 3. The van der Waals surface area contributed by atoms with Crippen LogP contribution in [0.5, 0.6) is 11.5 Å². The molecule has 1 aliphatic carbocycles. The van der Waals surface area contributed by atoms with E-state index < -0.39 is 10.8 Å². The number of fused-ring (bicyclic) bond motifs is 1. The molecule has 0 fully saturated rings. The van der Waals surface area contributed by atoms with E-state index in [1.54, 1.807) is 0 Å².